The predicted octanol–water partition coefficient (Wildman–Crippen LogP) is 1.18. The van der Waals surface area contributed by atoms with Gasteiger partial charge in [-0.05, 0) is 33.8 Å². The Morgan fingerprint density at radius 3 is 2.46 bits per heavy atom. The zero-order valence-electron chi connectivity index (χ0n) is 13.9. The van der Waals surface area contributed by atoms with Crippen LogP contribution in [0, 0.1) is 10.1 Å². The number of esters is 1. The fraction of sp³-hybridized carbons (Fsp3) is 0.500. The quantitative estimate of drug-likeness (QED) is 0.423. The van der Waals surface area contributed by atoms with Crippen molar-refractivity contribution in [2.45, 2.75) is 44.2 Å². The Morgan fingerprint density at radius 1 is 1.42 bits per heavy atom. The summed E-state index contributed by atoms with van der Waals surface area (Å²) < 4.78 is 32.1. The second kappa shape index (κ2) is 7.24. The maximum atomic E-state index is 12.5. The van der Waals surface area contributed by atoms with Gasteiger partial charge in [-0.1, -0.05) is 6.07 Å². The van der Waals surface area contributed by atoms with Crippen molar-refractivity contribution < 1.29 is 22.9 Å². The number of carbonyl (C=O) groups is 1. The second-order valence-corrected chi connectivity index (χ2v) is 7.91. The van der Waals surface area contributed by atoms with E-state index in [1.165, 1.54) is 6.07 Å². The molecule has 0 bridgehead atoms. The number of nitro benzene ring substituents is 1. The van der Waals surface area contributed by atoms with Crippen molar-refractivity contribution in [1.82, 2.24) is 4.72 Å². The lowest BCUT2D eigenvalue weighted by Gasteiger charge is -2.19. The average molecular weight is 359 g/mol. The highest BCUT2D eigenvalue weighted by molar-refractivity contribution is 7.89. The molecule has 0 saturated carbocycles. The molecule has 0 amide bonds. The molecule has 0 fully saturated rings. The Balaban J connectivity index is 3.44. The van der Waals surface area contributed by atoms with Crippen molar-refractivity contribution >= 4 is 21.7 Å². The Bertz CT molecular complexity index is 737. The number of rotatable bonds is 7. The standard InChI is InChI=1S/C14H21N3O6S/c1-9(2)23-13(18)12-10(17(19)20)6-5-7-11(12)24(21,22)16-8-14(3,4)15/h5-7,9,16H,8,15H2,1-4H3. The van der Waals surface area contributed by atoms with Crippen molar-refractivity contribution in [2.75, 3.05) is 6.54 Å². The largest absolute Gasteiger partial charge is 0.459 e. The Hall–Kier alpha value is -2.04. The first kappa shape index (κ1) is 20.0. The second-order valence-electron chi connectivity index (χ2n) is 6.17. The number of nitrogens with two attached hydrogens (primary N) is 1. The summed E-state index contributed by atoms with van der Waals surface area (Å²) >= 11 is 0. The molecule has 134 valence electrons. The van der Waals surface area contributed by atoms with Gasteiger partial charge in [0.1, 0.15) is 4.90 Å². The maximum Gasteiger partial charge on any atom is 0.346 e. The molecule has 9 nitrogen and oxygen atoms in total. The monoisotopic (exact) mass is 359 g/mol. The first-order chi connectivity index (χ1) is 10.8. The van der Waals surface area contributed by atoms with Crippen LogP contribution in [0.4, 0.5) is 5.69 Å². The van der Waals surface area contributed by atoms with Gasteiger partial charge in [0, 0.05) is 18.2 Å². The minimum atomic E-state index is -4.20. The zero-order chi connectivity index (χ0) is 18.7. The van der Waals surface area contributed by atoms with Crippen LogP contribution >= 0.6 is 0 Å². The zero-order valence-corrected chi connectivity index (χ0v) is 14.7. The van der Waals surface area contributed by atoms with E-state index in [1.54, 1.807) is 27.7 Å². The van der Waals surface area contributed by atoms with Crippen LogP contribution in [0.2, 0.25) is 0 Å². The van der Waals surface area contributed by atoms with Crippen LogP contribution in [-0.4, -0.2) is 37.5 Å². The third-order valence-electron chi connectivity index (χ3n) is 2.76. The first-order valence-electron chi connectivity index (χ1n) is 7.12. The number of ether oxygens (including phenoxy) is 1. The molecular weight excluding hydrogens is 338 g/mol. The molecule has 0 aliphatic carbocycles. The highest BCUT2D eigenvalue weighted by atomic mass is 32.2. The molecule has 0 spiro atoms. The molecule has 0 aliphatic heterocycles. The molecule has 1 rings (SSSR count). The molecule has 0 unspecified atom stereocenters. The van der Waals surface area contributed by atoms with Crippen LogP contribution in [0.5, 0.6) is 0 Å². The summed E-state index contributed by atoms with van der Waals surface area (Å²) in [5, 5.41) is 11.2. The molecule has 3 N–H and O–H groups in total. The molecule has 0 aromatic heterocycles. The van der Waals surface area contributed by atoms with Crippen LogP contribution in [0.25, 0.3) is 0 Å². The van der Waals surface area contributed by atoms with Gasteiger partial charge in [0.05, 0.1) is 11.0 Å². The van der Waals surface area contributed by atoms with E-state index in [2.05, 4.69) is 4.72 Å². The Morgan fingerprint density at radius 2 is 2.00 bits per heavy atom. The van der Waals surface area contributed by atoms with Crippen LogP contribution in [0.3, 0.4) is 0 Å². The summed E-state index contributed by atoms with van der Waals surface area (Å²) in [6.07, 6.45) is -0.566. The van der Waals surface area contributed by atoms with E-state index in [-0.39, 0.29) is 6.54 Å². The minimum Gasteiger partial charge on any atom is -0.459 e. The summed E-state index contributed by atoms with van der Waals surface area (Å²) in [7, 11) is -4.20. The van der Waals surface area contributed by atoms with Crippen LogP contribution in [0.1, 0.15) is 38.1 Å². The summed E-state index contributed by atoms with van der Waals surface area (Å²) in [6, 6.07) is 3.34. The number of hydrogen-bond acceptors (Lipinski definition) is 7. The lowest BCUT2D eigenvalue weighted by molar-refractivity contribution is -0.385. The fourth-order valence-electron chi connectivity index (χ4n) is 1.73. The lowest BCUT2D eigenvalue weighted by atomic mass is 10.1. The first-order valence-corrected chi connectivity index (χ1v) is 8.60. The molecule has 0 aliphatic rings. The maximum absolute atomic E-state index is 12.5. The van der Waals surface area contributed by atoms with Gasteiger partial charge < -0.3 is 10.5 Å². The van der Waals surface area contributed by atoms with Gasteiger partial charge in [-0.25, -0.2) is 17.9 Å². The van der Waals surface area contributed by atoms with Crippen molar-refractivity contribution in [1.29, 1.82) is 0 Å². The summed E-state index contributed by atoms with van der Waals surface area (Å²) in [5.41, 5.74) is 3.64. The molecule has 0 saturated heterocycles. The Labute approximate surface area is 140 Å². The van der Waals surface area contributed by atoms with Gasteiger partial charge in [0.2, 0.25) is 10.0 Å². The molecule has 1 aromatic rings. The number of sulfonamides is 1. The smallest absolute Gasteiger partial charge is 0.346 e. The highest BCUT2D eigenvalue weighted by Crippen LogP contribution is 2.27. The third-order valence-corrected chi connectivity index (χ3v) is 4.20. The van der Waals surface area contributed by atoms with E-state index < -0.39 is 48.7 Å². The van der Waals surface area contributed by atoms with Crippen LogP contribution in [0.15, 0.2) is 23.1 Å². The van der Waals surface area contributed by atoms with Gasteiger partial charge in [-0.15, -0.1) is 0 Å². The fourth-order valence-corrected chi connectivity index (χ4v) is 3.16. The number of nitrogens with one attached hydrogen (secondary N) is 1. The topological polar surface area (TPSA) is 142 Å². The van der Waals surface area contributed by atoms with Crippen molar-refractivity contribution in [3.63, 3.8) is 0 Å². The SMILES string of the molecule is CC(C)OC(=O)c1c([N+](=O)[O-])cccc1S(=O)(=O)NCC(C)(C)N. The van der Waals surface area contributed by atoms with Crippen molar-refractivity contribution in [2.24, 2.45) is 5.73 Å². The number of carbonyl (C=O) groups excluding carboxylic acids is 1. The van der Waals surface area contributed by atoms with Crippen molar-refractivity contribution in [3.05, 3.63) is 33.9 Å². The number of benzene rings is 1. The summed E-state index contributed by atoms with van der Waals surface area (Å²) in [6.45, 7) is 6.20. The van der Waals surface area contributed by atoms with Crippen LogP contribution < -0.4 is 10.5 Å². The van der Waals surface area contributed by atoms with E-state index in [0.717, 1.165) is 12.1 Å². The number of hydrogen-bond donors (Lipinski definition) is 2. The molecule has 1 aromatic carbocycles. The number of nitro groups is 1. The summed E-state index contributed by atoms with van der Waals surface area (Å²) in [5.74, 6) is -1.08. The molecule has 24 heavy (non-hydrogen) atoms. The van der Waals surface area contributed by atoms with E-state index in [4.69, 9.17) is 10.5 Å². The van der Waals surface area contributed by atoms with Gasteiger partial charge in [0.25, 0.3) is 5.69 Å². The minimum absolute atomic E-state index is 0.114. The van der Waals surface area contributed by atoms with Gasteiger partial charge >= 0.3 is 5.97 Å². The normalized spacial score (nSPS) is 12.2. The lowest BCUT2D eigenvalue weighted by Crippen LogP contribution is -2.45. The van der Waals surface area contributed by atoms with Gasteiger partial charge in [-0.2, -0.15) is 0 Å². The molecule has 0 atom stereocenters. The van der Waals surface area contributed by atoms with E-state index in [0.29, 0.717) is 0 Å². The highest BCUT2D eigenvalue weighted by Gasteiger charge is 2.32. The third kappa shape index (κ3) is 5.25. The predicted molar refractivity (Wildman–Crippen MR) is 87.1 cm³/mol. The Kier molecular flexibility index (Phi) is 6.04. The average Bonchev–Trinajstić information content (AvgIpc) is 2.43. The summed E-state index contributed by atoms with van der Waals surface area (Å²) in [4.78, 5) is 22.0. The van der Waals surface area contributed by atoms with Gasteiger partial charge in [0.15, 0.2) is 5.56 Å². The van der Waals surface area contributed by atoms with Crippen molar-refractivity contribution in [3.8, 4) is 0 Å². The van der Waals surface area contributed by atoms with E-state index in [9.17, 15) is 23.3 Å². The number of nitrogens with zero attached hydrogens (tertiary/aromatic N) is 1. The van der Waals surface area contributed by atoms with Gasteiger partial charge in [-0.3, -0.25) is 10.1 Å². The van der Waals surface area contributed by atoms with E-state index in [1.807, 2.05) is 0 Å². The molecule has 10 heteroatoms. The van der Waals surface area contributed by atoms with E-state index >= 15 is 0 Å². The van der Waals surface area contributed by atoms with Crippen LogP contribution in [-0.2, 0) is 14.8 Å². The molecule has 0 radical (unpaired) electrons. The molecular formula is C14H21N3O6S. The molecule has 0 heterocycles.